The van der Waals surface area contributed by atoms with Crippen molar-refractivity contribution >= 4 is 18.1 Å². The number of carbonyl (C=O) groups is 2. The number of amides is 1. The van der Waals surface area contributed by atoms with Gasteiger partial charge in [0.05, 0.1) is 18.9 Å². The number of hydrogen-bond acceptors (Lipinski definition) is 5. The summed E-state index contributed by atoms with van der Waals surface area (Å²) in [7, 11) is 1.33. The highest BCUT2D eigenvalue weighted by Crippen LogP contribution is 2.26. The highest BCUT2D eigenvalue weighted by Gasteiger charge is 2.16. The van der Waals surface area contributed by atoms with Crippen molar-refractivity contribution in [2.45, 2.75) is 26.2 Å². The molecule has 0 aliphatic carbocycles. The molecule has 0 aliphatic rings. The largest absolute Gasteiger partial charge is 0.465 e. The Morgan fingerprint density at radius 3 is 2.37 bits per heavy atom. The number of nitrogens with one attached hydrogen (secondary N) is 1. The van der Waals surface area contributed by atoms with Crippen LogP contribution >= 0.6 is 0 Å². The van der Waals surface area contributed by atoms with E-state index in [2.05, 4.69) is 31.3 Å². The fourth-order valence-electron chi connectivity index (χ4n) is 2.89. The summed E-state index contributed by atoms with van der Waals surface area (Å²) in [5.74, 6) is 0.186. The molecule has 30 heavy (non-hydrogen) atoms. The predicted octanol–water partition coefficient (Wildman–Crippen LogP) is 4.79. The summed E-state index contributed by atoms with van der Waals surface area (Å²) in [6.45, 7) is 6.36. The number of esters is 1. The highest BCUT2D eigenvalue weighted by atomic mass is 16.5. The van der Waals surface area contributed by atoms with Crippen molar-refractivity contribution in [3.05, 3.63) is 83.1 Å². The second kappa shape index (κ2) is 8.78. The molecular weight excluding hydrogens is 380 g/mol. The molecule has 2 aromatic carbocycles. The van der Waals surface area contributed by atoms with Crippen LogP contribution in [0.3, 0.4) is 0 Å². The Kier molecular flexibility index (Phi) is 6.16. The first-order chi connectivity index (χ1) is 14.3. The topological polar surface area (TPSA) is 80.9 Å². The lowest BCUT2D eigenvalue weighted by molar-refractivity contribution is 0.0601. The molecule has 0 radical (unpaired) electrons. The summed E-state index contributed by atoms with van der Waals surface area (Å²) >= 11 is 0. The molecule has 154 valence electrons. The Hall–Kier alpha value is -3.67. The van der Waals surface area contributed by atoms with Crippen molar-refractivity contribution in [1.82, 2.24) is 5.43 Å². The number of ether oxygens (including phenoxy) is 1. The van der Waals surface area contributed by atoms with Gasteiger partial charge >= 0.3 is 5.97 Å². The number of rotatable bonds is 5. The Labute approximate surface area is 175 Å². The second-order valence-electron chi connectivity index (χ2n) is 7.77. The third kappa shape index (κ3) is 4.84. The summed E-state index contributed by atoms with van der Waals surface area (Å²) in [6.07, 6.45) is 1.41. The molecule has 6 heteroatoms. The van der Waals surface area contributed by atoms with Crippen LogP contribution in [0.1, 0.15) is 52.8 Å². The van der Waals surface area contributed by atoms with Gasteiger partial charge in [-0.3, -0.25) is 4.79 Å². The highest BCUT2D eigenvalue weighted by molar-refractivity contribution is 5.97. The Balaban J connectivity index is 1.68. The van der Waals surface area contributed by atoms with Gasteiger partial charge < -0.3 is 9.15 Å². The lowest BCUT2D eigenvalue weighted by Crippen LogP contribution is -2.18. The molecule has 0 bridgehead atoms. The van der Waals surface area contributed by atoms with Crippen LogP contribution in [0.5, 0.6) is 0 Å². The van der Waals surface area contributed by atoms with Crippen molar-refractivity contribution in [1.29, 1.82) is 0 Å². The van der Waals surface area contributed by atoms with Crippen molar-refractivity contribution in [2.24, 2.45) is 5.10 Å². The normalized spacial score (nSPS) is 11.5. The molecule has 0 atom stereocenters. The summed E-state index contributed by atoms with van der Waals surface area (Å²) in [6, 6.07) is 17.9. The first-order valence-electron chi connectivity index (χ1n) is 9.51. The Bertz CT molecular complexity index is 1070. The molecule has 3 rings (SSSR count). The third-order valence-electron chi connectivity index (χ3n) is 4.60. The van der Waals surface area contributed by atoms with Gasteiger partial charge in [0, 0.05) is 11.1 Å². The SMILES string of the molecule is COC(=O)c1ccccc1-c1ccc(/C=N\NC(=O)c2ccc(C(C)(C)C)cc2)o1. The van der Waals surface area contributed by atoms with Crippen LogP contribution in [-0.2, 0) is 10.2 Å². The molecule has 1 heterocycles. The van der Waals surface area contributed by atoms with E-state index in [1.807, 2.05) is 18.2 Å². The van der Waals surface area contributed by atoms with Gasteiger partial charge in [-0.1, -0.05) is 51.1 Å². The van der Waals surface area contributed by atoms with Crippen molar-refractivity contribution in [3.8, 4) is 11.3 Å². The lowest BCUT2D eigenvalue weighted by Gasteiger charge is -2.18. The molecule has 1 amide bonds. The number of carbonyl (C=O) groups excluding carboxylic acids is 2. The van der Waals surface area contributed by atoms with Crippen LogP contribution in [0.25, 0.3) is 11.3 Å². The molecule has 3 aromatic rings. The zero-order valence-corrected chi connectivity index (χ0v) is 17.4. The Morgan fingerprint density at radius 1 is 1.00 bits per heavy atom. The number of methoxy groups -OCH3 is 1. The van der Waals surface area contributed by atoms with E-state index in [-0.39, 0.29) is 11.3 Å². The minimum Gasteiger partial charge on any atom is -0.465 e. The third-order valence-corrected chi connectivity index (χ3v) is 4.60. The van der Waals surface area contributed by atoms with Crippen molar-refractivity contribution in [2.75, 3.05) is 7.11 Å². The zero-order valence-electron chi connectivity index (χ0n) is 17.4. The van der Waals surface area contributed by atoms with Crippen LogP contribution in [0.15, 0.2) is 70.2 Å². The van der Waals surface area contributed by atoms with E-state index in [1.54, 1.807) is 42.5 Å². The van der Waals surface area contributed by atoms with Gasteiger partial charge in [0.25, 0.3) is 5.91 Å². The van der Waals surface area contributed by atoms with E-state index < -0.39 is 5.97 Å². The van der Waals surface area contributed by atoms with Gasteiger partial charge in [-0.05, 0) is 41.3 Å². The molecule has 0 saturated carbocycles. The first kappa shape index (κ1) is 21.0. The number of nitrogens with zero attached hydrogens (tertiary/aromatic N) is 1. The molecule has 1 aromatic heterocycles. The van der Waals surface area contributed by atoms with Gasteiger partial charge in [0.1, 0.15) is 11.5 Å². The van der Waals surface area contributed by atoms with Gasteiger partial charge in [-0.2, -0.15) is 5.10 Å². The molecule has 0 aliphatic heterocycles. The molecular formula is C24H24N2O4. The monoisotopic (exact) mass is 404 g/mol. The lowest BCUT2D eigenvalue weighted by atomic mass is 9.87. The molecule has 0 unspecified atom stereocenters. The van der Waals surface area contributed by atoms with Crippen molar-refractivity contribution < 1.29 is 18.7 Å². The van der Waals surface area contributed by atoms with E-state index in [0.29, 0.717) is 28.2 Å². The molecule has 0 spiro atoms. The second-order valence-corrected chi connectivity index (χ2v) is 7.77. The van der Waals surface area contributed by atoms with Crippen LogP contribution in [0.2, 0.25) is 0 Å². The number of hydrazone groups is 1. The summed E-state index contributed by atoms with van der Waals surface area (Å²) < 4.78 is 10.5. The Morgan fingerprint density at radius 2 is 1.70 bits per heavy atom. The quantitative estimate of drug-likeness (QED) is 0.376. The van der Waals surface area contributed by atoms with Crippen LogP contribution in [0, 0.1) is 0 Å². The van der Waals surface area contributed by atoms with Crippen LogP contribution in [-0.4, -0.2) is 25.2 Å². The zero-order chi connectivity index (χ0) is 21.7. The average Bonchev–Trinajstić information content (AvgIpc) is 3.21. The summed E-state index contributed by atoms with van der Waals surface area (Å²) in [5.41, 5.74) is 5.21. The predicted molar refractivity (Wildman–Crippen MR) is 116 cm³/mol. The van der Waals surface area contributed by atoms with Crippen LogP contribution < -0.4 is 5.43 Å². The minimum atomic E-state index is -0.443. The van der Waals surface area contributed by atoms with E-state index >= 15 is 0 Å². The van der Waals surface area contributed by atoms with Crippen molar-refractivity contribution in [3.63, 3.8) is 0 Å². The van der Waals surface area contributed by atoms with Gasteiger partial charge in [0.2, 0.25) is 0 Å². The summed E-state index contributed by atoms with van der Waals surface area (Å²) in [5, 5.41) is 3.96. The van der Waals surface area contributed by atoms with Gasteiger partial charge in [0.15, 0.2) is 0 Å². The van der Waals surface area contributed by atoms with Gasteiger partial charge in [-0.15, -0.1) is 0 Å². The average molecular weight is 404 g/mol. The van der Waals surface area contributed by atoms with Gasteiger partial charge in [-0.25, -0.2) is 10.2 Å². The minimum absolute atomic E-state index is 0.0244. The van der Waals surface area contributed by atoms with E-state index in [9.17, 15) is 9.59 Å². The molecule has 0 fully saturated rings. The maximum Gasteiger partial charge on any atom is 0.338 e. The van der Waals surface area contributed by atoms with E-state index in [0.717, 1.165) is 5.56 Å². The van der Waals surface area contributed by atoms with E-state index in [1.165, 1.54) is 13.3 Å². The standard InChI is InChI=1S/C24H24N2O4/c1-24(2,3)17-11-9-16(10-12-17)22(27)26-25-15-18-13-14-21(30-18)19-7-5-6-8-20(19)23(28)29-4/h5-15H,1-4H3,(H,26,27)/b25-15-. The number of furan rings is 1. The maximum absolute atomic E-state index is 12.3. The van der Waals surface area contributed by atoms with E-state index in [4.69, 9.17) is 9.15 Å². The molecule has 6 nitrogen and oxygen atoms in total. The number of hydrogen-bond donors (Lipinski definition) is 1. The molecule has 1 N–H and O–H groups in total. The first-order valence-corrected chi connectivity index (χ1v) is 9.51. The number of benzene rings is 2. The van der Waals surface area contributed by atoms with Crippen LogP contribution in [0.4, 0.5) is 0 Å². The maximum atomic E-state index is 12.3. The smallest absolute Gasteiger partial charge is 0.338 e. The fraction of sp³-hybridized carbons (Fsp3) is 0.208. The molecule has 0 saturated heterocycles. The fourth-order valence-corrected chi connectivity index (χ4v) is 2.89. The summed E-state index contributed by atoms with van der Waals surface area (Å²) in [4.78, 5) is 24.2.